The highest BCUT2D eigenvalue weighted by Crippen LogP contribution is 2.44. The highest BCUT2D eigenvalue weighted by atomic mass is 16.3. The molecule has 8 aromatic carbocycles. The van der Waals surface area contributed by atoms with Crippen molar-refractivity contribution in [1.82, 2.24) is 0 Å². The van der Waals surface area contributed by atoms with Crippen LogP contribution in [0.2, 0.25) is 0 Å². The van der Waals surface area contributed by atoms with Crippen LogP contribution in [0.3, 0.4) is 0 Å². The van der Waals surface area contributed by atoms with Gasteiger partial charge >= 0.3 is 0 Å². The van der Waals surface area contributed by atoms with Gasteiger partial charge in [-0.2, -0.15) is 0 Å². The zero-order chi connectivity index (χ0) is 29.0. The second-order valence-electron chi connectivity index (χ2n) is 11.4. The Morgan fingerprint density at radius 2 is 0.955 bits per heavy atom. The van der Waals surface area contributed by atoms with Crippen molar-refractivity contribution < 1.29 is 4.42 Å². The average Bonchev–Trinajstić information content (AvgIpc) is 3.45. The molecular formula is C42H27NO. The molecule has 0 saturated carbocycles. The minimum atomic E-state index is 0.880. The smallest absolute Gasteiger partial charge is 0.159 e. The van der Waals surface area contributed by atoms with Crippen LogP contribution in [-0.2, 0) is 0 Å². The summed E-state index contributed by atoms with van der Waals surface area (Å²) in [5, 5.41) is 9.45. The lowest BCUT2D eigenvalue weighted by atomic mass is 10.0. The van der Waals surface area contributed by atoms with Crippen LogP contribution in [0, 0.1) is 0 Å². The molecule has 0 amide bonds. The van der Waals surface area contributed by atoms with E-state index in [-0.39, 0.29) is 0 Å². The number of fused-ring (bicyclic) bond motifs is 6. The van der Waals surface area contributed by atoms with E-state index < -0.39 is 0 Å². The van der Waals surface area contributed by atoms with E-state index in [2.05, 4.69) is 169 Å². The van der Waals surface area contributed by atoms with E-state index >= 15 is 0 Å². The predicted molar refractivity (Wildman–Crippen MR) is 186 cm³/mol. The van der Waals surface area contributed by atoms with E-state index in [4.69, 9.17) is 4.42 Å². The summed E-state index contributed by atoms with van der Waals surface area (Å²) in [6.45, 7) is 0. The molecular weight excluding hydrogens is 534 g/mol. The number of rotatable bonds is 4. The second kappa shape index (κ2) is 9.86. The molecule has 0 aliphatic rings. The van der Waals surface area contributed by atoms with Crippen LogP contribution in [0.5, 0.6) is 0 Å². The second-order valence-corrected chi connectivity index (χ2v) is 11.4. The minimum absolute atomic E-state index is 0.880. The van der Waals surface area contributed by atoms with Gasteiger partial charge in [0.05, 0.1) is 5.69 Å². The van der Waals surface area contributed by atoms with E-state index in [1.165, 1.54) is 43.4 Å². The summed E-state index contributed by atoms with van der Waals surface area (Å²) in [6, 6.07) is 58.6. The Morgan fingerprint density at radius 3 is 1.73 bits per heavy atom. The van der Waals surface area contributed by atoms with Gasteiger partial charge in [-0.25, -0.2) is 0 Å². The minimum Gasteiger partial charge on any atom is -0.454 e. The number of hydrogen-bond acceptors (Lipinski definition) is 2. The number of nitrogens with zero attached hydrogens (tertiary/aromatic N) is 1. The number of hydrogen-bond donors (Lipinski definition) is 0. The SMILES string of the molecule is c1ccc(-c2ccc3cc(N(c4ccc5ccccc5c4)c4cccc5c4oc4cc6ccccc6cc45)ccc3c2)cc1. The number of furan rings is 1. The van der Waals surface area contributed by atoms with Gasteiger partial charge in [0.1, 0.15) is 5.58 Å². The van der Waals surface area contributed by atoms with Crippen LogP contribution >= 0.6 is 0 Å². The molecule has 0 spiro atoms. The molecule has 0 bridgehead atoms. The van der Waals surface area contributed by atoms with Crippen molar-refractivity contribution in [2.45, 2.75) is 0 Å². The lowest BCUT2D eigenvalue weighted by Gasteiger charge is -2.26. The third-order valence-electron chi connectivity index (χ3n) is 8.77. The fourth-order valence-electron chi connectivity index (χ4n) is 6.57. The first-order valence-electron chi connectivity index (χ1n) is 15.0. The van der Waals surface area contributed by atoms with Gasteiger partial charge in [0.25, 0.3) is 0 Å². The third kappa shape index (κ3) is 4.04. The number of benzene rings is 8. The monoisotopic (exact) mass is 561 g/mol. The average molecular weight is 562 g/mol. The Kier molecular flexibility index (Phi) is 5.54. The topological polar surface area (TPSA) is 16.4 Å². The van der Waals surface area contributed by atoms with Crippen LogP contribution in [0.15, 0.2) is 168 Å². The lowest BCUT2D eigenvalue weighted by Crippen LogP contribution is -2.10. The molecule has 0 N–H and O–H groups in total. The van der Waals surface area contributed by atoms with Crippen molar-refractivity contribution in [1.29, 1.82) is 0 Å². The molecule has 2 heteroatoms. The van der Waals surface area contributed by atoms with E-state index in [1.807, 2.05) is 0 Å². The summed E-state index contributed by atoms with van der Waals surface area (Å²) < 4.78 is 6.71. The van der Waals surface area contributed by atoms with Crippen molar-refractivity contribution in [2.75, 3.05) is 4.90 Å². The third-order valence-corrected chi connectivity index (χ3v) is 8.77. The van der Waals surface area contributed by atoms with Crippen LogP contribution in [-0.4, -0.2) is 0 Å². The molecule has 0 atom stereocenters. The predicted octanol–water partition coefficient (Wildman–Crippen LogP) is 12.2. The Bertz CT molecular complexity index is 2510. The van der Waals surface area contributed by atoms with Crippen LogP contribution < -0.4 is 4.90 Å². The van der Waals surface area contributed by atoms with Crippen molar-refractivity contribution in [3.63, 3.8) is 0 Å². The highest BCUT2D eigenvalue weighted by molar-refractivity contribution is 6.14. The van der Waals surface area contributed by atoms with Crippen molar-refractivity contribution >= 4 is 71.3 Å². The Balaban J connectivity index is 1.27. The van der Waals surface area contributed by atoms with Crippen LogP contribution in [0.1, 0.15) is 0 Å². The first-order valence-corrected chi connectivity index (χ1v) is 15.0. The van der Waals surface area contributed by atoms with E-state index in [0.717, 1.165) is 39.0 Å². The maximum atomic E-state index is 6.71. The molecule has 0 aliphatic heterocycles. The molecule has 0 unspecified atom stereocenters. The van der Waals surface area contributed by atoms with Gasteiger partial charge in [0.15, 0.2) is 5.58 Å². The maximum Gasteiger partial charge on any atom is 0.159 e. The fraction of sp³-hybridized carbons (Fsp3) is 0. The Labute approximate surface area is 255 Å². The van der Waals surface area contributed by atoms with Gasteiger partial charge in [0, 0.05) is 22.1 Å². The molecule has 0 radical (unpaired) electrons. The zero-order valence-corrected chi connectivity index (χ0v) is 23.9. The largest absolute Gasteiger partial charge is 0.454 e. The highest BCUT2D eigenvalue weighted by Gasteiger charge is 2.20. The van der Waals surface area contributed by atoms with Gasteiger partial charge in [0.2, 0.25) is 0 Å². The standard InChI is InChI=1S/C42H27NO/c1-2-9-28(10-3-1)33-17-18-35-25-37(22-20-34(35)23-33)43(36-21-19-29-11-4-5-12-30(29)24-36)40-16-8-15-38-39-26-31-13-6-7-14-32(31)27-41(39)44-42(38)40/h1-27H. The molecule has 206 valence electrons. The number of para-hydroxylation sites is 1. The fourth-order valence-corrected chi connectivity index (χ4v) is 6.57. The molecule has 0 aliphatic carbocycles. The Morgan fingerprint density at radius 1 is 0.364 bits per heavy atom. The summed E-state index contributed by atoms with van der Waals surface area (Å²) in [6.07, 6.45) is 0. The van der Waals surface area contributed by atoms with Gasteiger partial charge in [-0.1, -0.05) is 115 Å². The molecule has 44 heavy (non-hydrogen) atoms. The maximum absolute atomic E-state index is 6.71. The molecule has 9 aromatic rings. The normalized spacial score (nSPS) is 11.6. The van der Waals surface area contributed by atoms with E-state index in [0.29, 0.717) is 0 Å². The van der Waals surface area contributed by atoms with E-state index in [9.17, 15) is 0 Å². The molecule has 0 saturated heterocycles. The summed E-state index contributed by atoms with van der Waals surface area (Å²) in [4.78, 5) is 2.33. The molecule has 0 fully saturated rings. The van der Waals surface area contributed by atoms with Gasteiger partial charge in [-0.15, -0.1) is 0 Å². The summed E-state index contributed by atoms with van der Waals surface area (Å²) in [5.41, 5.74) is 7.40. The Hall–Kier alpha value is -5.86. The van der Waals surface area contributed by atoms with Crippen LogP contribution in [0.4, 0.5) is 17.1 Å². The number of anilines is 3. The van der Waals surface area contributed by atoms with Crippen molar-refractivity contribution in [2.24, 2.45) is 0 Å². The van der Waals surface area contributed by atoms with Crippen molar-refractivity contribution in [3.8, 4) is 11.1 Å². The van der Waals surface area contributed by atoms with E-state index in [1.54, 1.807) is 0 Å². The zero-order valence-electron chi connectivity index (χ0n) is 23.9. The van der Waals surface area contributed by atoms with Gasteiger partial charge in [-0.3, -0.25) is 0 Å². The van der Waals surface area contributed by atoms with Gasteiger partial charge in [-0.05, 0) is 92.0 Å². The first-order chi connectivity index (χ1) is 21.8. The first kappa shape index (κ1) is 24.7. The summed E-state index contributed by atoms with van der Waals surface area (Å²) in [7, 11) is 0. The summed E-state index contributed by atoms with van der Waals surface area (Å²) in [5.74, 6) is 0. The lowest BCUT2D eigenvalue weighted by molar-refractivity contribution is 0.669. The quantitative estimate of drug-likeness (QED) is 0.212. The molecule has 2 nitrogen and oxygen atoms in total. The van der Waals surface area contributed by atoms with Gasteiger partial charge < -0.3 is 9.32 Å². The van der Waals surface area contributed by atoms with Crippen molar-refractivity contribution in [3.05, 3.63) is 164 Å². The van der Waals surface area contributed by atoms with Crippen LogP contribution in [0.25, 0.3) is 65.4 Å². The molecule has 1 aromatic heterocycles. The summed E-state index contributed by atoms with van der Waals surface area (Å²) >= 11 is 0. The molecule has 9 rings (SSSR count). The molecule has 1 heterocycles.